The fraction of sp³-hybridized carbons (Fsp3) is 0.556. The number of carbonyl (C=O) groups excluding carboxylic acids is 1. The van der Waals surface area contributed by atoms with Crippen molar-refractivity contribution in [3.05, 3.63) is 41.7 Å². The summed E-state index contributed by atoms with van der Waals surface area (Å²) in [6.45, 7) is 5.91. The normalized spacial score (nSPS) is 28.2. The number of carbonyl (C=O) groups is 1. The van der Waals surface area contributed by atoms with Gasteiger partial charge in [0, 0.05) is 30.2 Å². The standard InChI is InChI=1S/C18H23N5O2/c1-17(2,3)13(9-24)22-16(25)18(12-8-19-4-5-20-12)11-6-10-7-21-23-15(10)14(11)18/h4-5,7-8,11,13-14,24H,6,9H2,1-3H3,(H,21,23)(H,22,25)/t11-,13+,14+,18?/m0/s1. The molecule has 1 amide bonds. The Morgan fingerprint density at radius 3 is 2.88 bits per heavy atom. The minimum absolute atomic E-state index is 0.0426. The number of hydrogen-bond donors (Lipinski definition) is 3. The number of fused-ring (bicyclic) bond motifs is 3. The Balaban J connectivity index is 1.71. The summed E-state index contributed by atoms with van der Waals surface area (Å²) in [6.07, 6.45) is 7.56. The lowest BCUT2D eigenvalue weighted by Gasteiger charge is -2.32. The van der Waals surface area contributed by atoms with Gasteiger partial charge in [-0.25, -0.2) is 0 Å². The number of nitrogens with zero attached hydrogens (tertiary/aromatic N) is 3. The molecule has 0 radical (unpaired) electrons. The molecule has 1 saturated carbocycles. The highest BCUT2D eigenvalue weighted by Crippen LogP contribution is 2.70. The molecule has 1 fully saturated rings. The van der Waals surface area contributed by atoms with Crippen LogP contribution in [0.25, 0.3) is 0 Å². The number of H-pyrrole nitrogens is 1. The minimum atomic E-state index is -0.730. The van der Waals surface area contributed by atoms with Crippen molar-refractivity contribution in [2.75, 3.05) is 6.61 Å². The fourth-order valence-corrected chi connectivity index (χ4v) is 4.26. The molecule has 25 heavy (non-hydrogen) atoms. The first-order valence-electron chi connectivity index (χ1n) is 8.61. The van der Waals surface area contributed by atoms with E-state index >= 15 is 0 Å². The smallest absolute Gasteiger partial charge is 0.233 e. The van der Waals surface area contributed by atoms with Crippen LogP contribution >= 0.6 is 0 Å². The lowest BCUT2D eigenvalue weighted by atomic mass is 9.85. The van der Waals surface area contributed by atoms with Crippen LogP contribution in [0, 0.1) is 11.3 Å². The van der Waals surface area contributed by atoms with E-state index in [1.807, 2.05) is 27.0 Å². The van der Waals surface area contributed by atoms with Gasteiger partial charge in [0.2, 0.25) is 5.91 Å². The Bertz CT molecular complexity index is 797. The van der Waals surface area contributed by atoms with E-state index in [4.69, 9.17) is 0 Å². The van der Waals surface area contributed by atoms with Gasteiger partial charge in [0.25, 0.3) is 0 Å². The number of amides is 1. The summed E-state index contributed by atoms with van der Waals surface area (Å²) >= 11 is 0. The minimum Gasteiger partial charge on any atom is -0.394 e. The molecule has 2 heterocycles. The molecule has 4 atom stereocenters. The number of aromatic amines is 1. The van der Waals surface area contributed by atoms with E-state index in [2.05, 4.69) is 25.5 Å². The van der Waals surface area contributed by atoms with Crippen LogP contribution in [0.2, 0.25) is 0 Å². The lowest BCUT2D eigenvalue weighted by molar-refractivity contribution is -0.126. The molecule has 2 aromatic rings. The molecular weight excluding hydrogens is 318 g/mol. The monoisotopic (exact) mass is 341 g/mol. The zero-order valence-electron chi connectivity index (χ0n) is 14.7. The van der Waals surface area contributed by atoms with Gasteiger partial charge in [0.05, 0.1) is 24.5 Å². The largest absolute Gasteiger partial charge is 0.394 e. The predicted octanol–water partition coefficient (Wildman–Crippen LogP) is 0.930. The summed E-state index contributed by atoms with van der Waals surface area (Å²) in [4.78, 5) is 22.0. The molecule has 2 aromatic heterocycles. The number of nitrogens with one attached hydrogen (secondary N) is 2. The molecule has 132 valence electrons. The lowest BCUT2D eigenvalue weighted by Crippen LogP contribution is -2.50. The summed E-state index contributed by atoms with van der Waals surface area (Å²) in [5, 5.41) is 20.0. The third kappa shape index (κ3) is 2.22. The van der Waals surface area contributed by atoms with Gasteiger partial charge in [-0.1, -0.05) is 20.8 Å². The third-order valence-electron chi connectivity index (χ3n) is 5.77. The SMILES string of the molecule is CC(C)(C)[C@@H](CO)NC(=O)C1(c2cnccn2)[C@H]2Cc3cn[nH]c3[C@@H]21. The molecule has 7 nitrogen and oxygen atoms in total. The van der Waals surface area contributed by atoms with Gasteiger partial charge in [0.1, 0.15) is 5.41 Å². The summed E-state index contributed by atoms with van der Waals surface area (Å²) in [6, 6.07) is -0.323. The first kappa shape index (κ1) is 16.2. The molecule has 0 aliphatic heterocycles. The van der Waals surface area contributed by atoms with Crippen molar-refractivity contribution in [1.29, 1.82) is 0 Å². The van der Waals surface area contributed by atoms with Crippen LogP contribution in [0.3, 0.4) is 0 Å². The number of rotatable bonds is 4. The van der Waals surface area contributed by atoms with Crippen molar-refractivity contribution in [2.45, 2.75) is 44.6 Å². The highest BCUT2D eigenvalue weighted by Gasteiger charge is 2.75. The van der Waals surface area contributed by atoms with Crippen LogP contribution in [0.4, 0.5) is 0 Å². The van der Waals surface area contributed by atoms with Gasteiger partial charge in [0.15, 0.2) is 0 Å². The number of hydrogen-bond acceptors (Lipinski definition) is 5. The zero-order chi connectivity index (χ0) is 17.8. The average molecular weight is 341 g/mol. The first-order valence-corrected chi connectivity index (χ1v) is 8.61. The summed E-state index contributed by atoms with van der Waals surface area (Å²) in [7, 11) is 0. The fourth-order valence-electron chi connectivity index (χ4n) is 4.26. The molecule has 0 aromatic carbocycles. The van der Waals surface area contributed by atoms with Gasteiger partial charge >= 0.3 is 0 Å². The van der Waals surface area contributed by atoms with E-state index in [9.17, 15) is 9.90 Å². The number of aliphatic hydroxyl groups is 1. The Hall–Kier alpha value is -2.28. The highest BCUT2D eigenvalue weighted by atomic mass is 16.3. The molecule has 2 aliphatic rings. The van der Waals surface area contributed by atoms with Crippen molar-refractivity contribution < 1.29 is 9.90 Å². The Labute approximate surface area is 146 Å². The van der Waals surface area contributed by atoms with Crippen molar-refractivity contribution in [3.63, 3.8) is 0 Å². The molecule has 0 saturated heterocycles. The van der Waals surface area contributed by atoms with Crippen molar-refractivity contribution in [1.82, 2.24) is 25.5 Å². The maximum Gasteiger partial charge on any atom is 0.233 e. The first-order chi connectivity index (χ1) is 11.9. The Morgan fingerprint density at radius 1 is 1.44 bits per heavy atom. The van der Waals surface area contributed by atoms with Gasteiger partial charge in [-0.2, -0.15) is 5.10 Å². The van der Waals surface area contributed by atoms with E-state index in [-0.39, 0.29) is 35.8 Å². The van der Waals surface area contributed by atoms with Gasteiger partial charge in [-0.15, -0.1) is 0 Å². The highest BCUT2D eigenvalue weighted by molar-refractivity contribution is 5.95. The van der Waals surface area contributed by atoms with Crippen LogP contribution in [0.1, 0.15) is 43.6 Å². The average Bonchev–Trinajstić information content (AvgIpc) is 2.86. The van der Waals surface area contributed by atoms with Crippen molar-refractivity contribution in [3.8, 4) is 0 Å². The second-order valence-corrected chi connectivity index (χ2v) is 8.13. The van der Waals surface area contributed by atoms with E-state index in [0.29, 0.717) is 5.69 Å². The second kappa shape index (κ2) is 5.36. The maximum absolute atomic E-state index is 13.4. The van der Waals surface area contributed by atoms with E-state index in [1.54, 1.807) is 18.6 Å². The summed E-state index contributed by atoms with van der Waals surface area (Å²) < 4.78 is 0. The third-order valence-corrected chi connectivity index (χ3v) is 5.77. The molecule has 3 N–H and O–H groups in total. The summed E-state index contributed by atoms with van der Waals surface area (Å²) in [5.74, 6) is 0.117. The molecule has 2 aliphatic carbocycles. The number of aliphatic hydroxyl groups excluding tert-OH is 1. The van der Waals surface area contributed by atoms with Crippen LogP contribution in [0.15, 0.2) is 24.8 Å². The van der Waals surface area contributed by atoms with Crippen LogP contribution in [0.5, 0.6) is 0 Å². The molecule has 4 rings (SSSR count). The van der Waals surface area contributed by atoms with Gasteiger partial charge in [-0.05, 0) is 23.3 Å². The van der Waals surface area contributed by atoms with E-state index in [0.717, 1.165) is 12.1 Å². The molecule has 1 unspecified atom stereocenters. The van der Waals surface area contributed by atoms with Crippen molar-refractivity contribution in [2.24, 2.45) is 11.3 Å². The van der Waals surface area contributed by atoms with Crippen molar-refractivity contribution >= 4 is 5.91 Å². The maximum atomic E-state index is 13.4. The molecular formula is C18H23N5O2. The van der Waals surface area contributed by atoms with E-state index in [1.165, 1.54) is 5.56 Å². The molecule has 0 bridgehead atoms. The Kier molecular flexibility index (Phi) is 3.47. The quantitative estimate of drug-likeness (QED) is 0.767. The topological polar surface area (TPSA) is 104 Å². The zero-order valence-corrected chi connectivity index (χ0v) is 14.7. The molecule has 7 heteroatoms. The van der Waals surface area contributed by atoms with Crippen LogP contribution < -0.4 is 5.32 Å². The van der Waals surface area contributed by atoms with Gasteiger partial charge < -0.3 is 10.4 Å². The van der Waals surface area contributed by atoms with Gasteiger partial charge in [-0.3, -0.25) is 19.9 Å². The number of aromatic nitrogens is 4. The predicted molar refractivity (Wildman–Crippen MR) is 90.7 cm³/mol. The van der Waals surface area contributed by atoms with Crippen LogP contribution in [-0.2, 0) is 16.6 Å². The summed E-state index contributed by atoms with van der Waals surface area (Å²) in [5.41, 5.74) is 1.93. The van der Waals surface area contributed by atoms with E-state index < -0.39 is 5.41 Å². The van der Waals surface area contributed by atoms with Crippen LogP contribution in [-0.4, -0.2) is 43.8 Å². The Morgan fingerprint density at radius 2 is 2.24 bits per heavy atom. The molecule has 0 spiro atoms. The second-order valence-electron chi connectivity index (χ2n) is 8.13.